The number of carbonyl (C=O) groups is 2. The molecule has 2 aliphatic rings. The summed E-state index contributed by atoms with van der Waals surface area (Å²) in [5, 5.41) is 2.73. The molecule has 0 spiro atoms. The summed E-state index contributed by atoms with van der Waals surface area (Å²) < 4.78 is 4.68. The van der Waals surface area contributed by atoms with Crippen LogP contribution in [0.1, 0.15) is 53.4 Å². The van der Waals surface area contributed by atoms with Crippen molar-refractivity contribution in [1.29, 1.82) is 0 Å². The Morgan fingerprint density at radius 1 is 1.18 bits per heavy atom. The van der Waals surface area contributed by atoms with Gasteiger partial charge in [-0.25, -0.2) is 4.79 Å². The summed E-state index contributed by atoms with van der Waals surface area (Å²) in [6, 6.07) is 0.150. The molecule has 2 amide bonds. The van der Waals surface area contributed by atoms with E-state index < -0.39 is 12.1 Å². The van der Waals surface area contributed by atoms with E-state index in [2.05, 4.69) is 28.8 Å². The molecule has 3 unspecified atom stereocenters. The van der Waals surface area contributed by atoms with Gasteiger partial charge in [0.1, 0.15) is 6.04 Å². The molecule has 0 aromatic carbocycles. The molecular formula is C17H30N2O3. The number of ether oxygens (including phenoxy) is 1. The molecule has 126 valence electrons. The Hall–Kier alpha value is -1.26. The largest absolute Gasteiger partial charge is 0.453 e. The van der Waals surface area contributed by atoms with Crippen molar-refractivity contribution in [2.24, 2.45) is 17.8 Å². The van der Waals surface area contributed by atoms with Crippen molar-refractivity contribution in [3.8, 4) is 0 Å². The molecule has 2 rings (SSSR count). The minimum absolute atomic E-state index is 0.0415. The number of amides is 2. The fraction of sp³-hybridized carbons (Fsp3) is 0.882. The molecule has 2 fully saturated rings. The molecule has 1 aliphatic carbocycles. The van der Waals surface area contributed by atoms with Gasteiger partial charge in [0.15, 0.2) is 0 Å². The summed E-state index contributed by atoms with van der Waals surface area (Å²) in [7, 11) is 1.33. The van der Waals surface area contributed by atoms with Gasteiger partial charge in [-0.2, -0.15) is 0 Å². The molecule has 1 aliphatic heterocycles. The Bertz CT molecular complexity index is 422. The van der Waals surface area contributed by atoms with Crippen LogP contribution in [0.5, 0.6) is 0 Å². The molecule has 1 saturated carbocycles. The van der Waals surface area contributed by atoms with Crippen LogP contribution in [0.3, 0.4) is 0 Å². The minimum atomic E-state index is -0.532. The number of hydrogen-bond donors (Lipinski definition) is 1. The first kappa shape index (κ1) is 17.1. The Labute approximate surface area is 133 Å². The minimum Gasteiger partial charge on any atom is -0.453 e. The highest BCUT2D eigenvalue weighted by Crippen LogP contribution is 2.43. The maximum absolute atomic E-state index is 13.2. The molecule has 0 aromatic rings. The number of fused-ring (bicyclic) bond motifs is 1. The lowest BCUT2D eigenvalue weighted by Crippen LogP contribution is -2.55. The summed E-state index contributed by atoms with van der Waals surface area (Å²) in [6.45, 7) is 8.30. The molecule has 4 atom stereocenters. The number of carbonyl (C=O) groups excluding carboxylic acids is 2. The van der Waals surface area contributed by atoms with E-state index in [9.17, 15) is 9.59 Å². The van der Waals surface area contributed by atoms with E-state index in [1.54, 1.807) is 0 Å². The number of nitrogens with one attached hydrogen (secondary N) is 1. The van der Waals surface area contributed by atoms with E-state index in [0.717, 1.165) is 12.8 Å². The van der Waals surface area contributed by atoms with Crippen molar-refractivity contribution in [1.82, 2.24) is 10.2 Å². The first-order valence-corrected chi connectivity index (χ1v) is 8.53. The van der Waals surface area contributed by atoms with Gasteiger partial charge >= 0.3 is 6.09 Å². The number of rotatable bonds is 4. The highest BCUT2D eigenvalue weighted by atomic mass is 16.5. The summed E-state index contributed by atoms with van der Waals surface area (Å²) >= 11 is 0. The van der Waals surface area contributed by atoms with Gasteiger partial charge in [-0.05, 0) is 37.0 Å². The summed E-state index contributed by atoms with van der Waals surface area (Å²) in [6.07, 6.45) is 4.12. The second-order valence-electron chi connectivity index (χ2n) is 7.41. The van der Waals surface area contributed by atoms with Gasteiger partial charge in [0.25, 0.3) is 0 Å². The second-order valence-corrected chi connectivity index (χ2v) is 7.41. The predicted molar refractivity (Wildman–Crippen MR) is 85.4 cm³/mol. The van der Waals surface area contributed by atoms with Gasteiger partial charge in [-0.3, -0.25) is 4.79 Å². The fourth-order valence-corrected chi connectivity index (χ4v) is 4.11. The van der Waals surface area contributed by atoms with Gasteiger partial charge in [0.2, 0.25) is 5.91 Å². The van der Waals surface area contributed by atoms with Crippen molar-refractivity contribution in [3.05, 3.63) is 0 Å². The van der Waals surface area contributed by atoms with Gasteiger partial charge in [0, 0.05) is 12.1 Å². The predicted octanol–water partition coefficient (Wildman–Crippen LogP) is 2.79. The van der Waals surface area contributed by atoms with E-state index in [-0.39, 0.29) is 11.8 Å². The molecule has 0 radical (unpaired) electrons. The van der Waals surface area contributed by atoms with Crippen LogP contribution in [0.15, 0.2) is 0 Å². The zero-order valence-electron chi connectivity index (χ0n) is 14.5. The third-order valence-corrected chi connectivity index (χ3v) is 5.29. The first-order chi connectivity index (χ1) is 10.4. The zero-order valence-corrected chi connectivity index (χ0v) is 14.5. The highest BCUT2D eigenvalue weighted by Gasteiger charge is 2.48. The number of methoxy groups -OCH3 is 1. The standard InChI is InChI=1S/C17H30N2O3/c1-10(2)14-9-12-7-6-8-13(12)19(14)16(20)15(11(3)4)18-17(21)22-5/h10-15H,6-9H2,1-5H3,(H,18,21)/t12?,13?,14?,15-/m0/s1. The number of nitrogens with zero attached hydrogens (tertiary/aromatic N) is 1. The van der Waals surface area contributed by atoms with Gasteiger partial charge in [-0.15, -0.1) is 0 Å². The average Bonchev–Trinajstić information content (AvgIpc) is 3.03. The normalized spacial score (nSPS) is 28.9. The van der Waals surface area contributed by atoms with Gasteiger partial charge < -0.3 is 15.0 Å². The smallest absolute Gasteiger partial charge is 0.407 e. The van der Waals surface area contributed by atoms with Crippen LogP contribution in [-0.4, -0.2) is 42.1 Å². The van der Waals surface area contributed by atoms with E-state index in [4.69, 9.17) is 0 Å². The van der Waals surface area contributed by atoms with Crippen LogP contribution >= 0.6 is 0 Å². The van der Waals surface area contributed by atoms with Crippen molar-refractivity contribution < 1.29 is 14.3 Å². The van der Waals surface area contributed by atoms with E-state index in [1.807, 2.05) is 13.8 Å². The van der Waals surface area contributed by atoms with E-state index in [0.29, 0.717) is 23.9 Å². The molecule has 1 N–H and O–H groups in total. The quantitative estimate of drug-likeness (QED) is 0.868. The molecule has 0 bridgehead atoms. The monoisotopic (exact) mass is 310 g/mol. The summed E-state index contributed by atoms with van der Waals surface area (Å²) in [5.74, 6) is 1.19. The molecule has 1 heterocycles. The summed E-state index contributed by atoms with van der Waals surface area (Å²) in [4.78, 5) is 26.8. The lowest BCUT2D eigenvalue weighted by Gasteiger charge is -2.36. The summed E-state index contributed by atoms with van der Waals surface area (Å²) in [5.41, 5.74) is 0. The van der Waals surface area contributed by atoms with Crippen LogP contribution in [0.25, 0.3) is 0 Å². The van der Waals surface area contributed by atoms with Crippen LogP contribution in [-0.2, 0) is 9.53 Å². The molecule has 1 saturated heterocycles. The van der Waals surface area contributed by atoms with E-state index >= 15 is 0 Å². The van der Waals surface area contributed by atoms with Gasteiger partial charge in [-0.1, -0.05) is 34.1 Å². The molecule has 22 heavy (non-hydrogen) atoms. The Morgan fingerprint density at radius 3 is 2.41 bits per heavy atom. The Balaban J connectivity index is 2.20. The first-order valence-electron chi connectivity index (χ1n) is 8.53. The Morgan fingerprint density at radius 2 is 1.86 bits per heavy atom. The maximum Gasteiger partial charge on any atom is 0.407 e. The third kappa shape index (κ3) is 3.23. The van der Waals surface area contributed by atoms with Crippen LogP contribution in [0.4, 0.5) is 4.79 Å². The maximum atomic E-state index is 13.2. The Kier molecular flexibility index (Phi) is 5.35. The van der Waals surface area contributed by atoms with Crippen molar-refractivity contribution >= 4 is 12.0 Å². The average molecular weight is 310 g/mol. The lowest BCUT2D eigenvalue weighted by atomic mass is 9.95. The topological polar surface area (TPSA) is 58.6 Å². The molecule has 0 aromatic heterocycles. The number of alkyl carbamates (subject to hydrolysis) is 1. The third-order valence-electron chi connectivity index (χ3n) is 5.29. The fourth-order valence-electron chi connectivity index (χ4n) is 4.11. The van der Waals surface area contributed by atoms with E-state index in [1.165, 1.54) is 20.0 Å². The van der Waals surface area contributed by atoms with Crippen LogP contribution in [0, 0.1) is 17.8 Å². The van der Waals surface area contributed by atoms with Gasteiger partial charge in [0.05, 0.1) is 7.11 Å². The molecule has 5 nitrogen and oxygen atoms in total. The van der Waals surface area contributed by atoms with Crippen molar-refractivity contribution in [3.63, 3.8) is 0 Å². The highest BCUT2D eigenvalue weighted by molar-refractivity contribution is 5.86. The van der Waals surface area contributed by atoms with Crippen molar-refractivity contribution in [2.75, 3.05) is 7.11 Å². The lowest BCUT2D eigenvalue weighted by molar-refractivity contribution is -0.138. The molecule has 5 heteroatoms. The van der Waals surface area contributed by atoms with Crippen molar-refractivity contribution in [2.45, 2.75) is 71.5 Å². The zero-order chi connectivity index (χ0) is 16.4. The number of hydrogen-bond acceptors (Lipinski definition) is 3. The molecular weight excluding hydrogens is 280 g/mol. The van der Waals surface area contributed by atoms with Crippen LogP contribution in [0.2, 0.25) is 0 Å². The SMILES string of the molecule is COC(=O)N[C@H](C(=O)N1C(C(C)C)CC2CCCC21)C(C)C. The number of likely N-dealkylation sites (tertiary alicyclic amines) is 1. The second kappa shape index (κ2) is 6.88. The van der Waals surface area contributed by atoms with Crippen LogP contribution < -0.4 is 5.32 Å².